The summed E-state index contributed by atoms with van der Waals surface area (Å²) in [5.74, 6) is -1.31. The zero-order valence-electron chi connectivity index (χ0n) is 16.9. The highest BCUT2D eigenvalue weighted by atomic mass is 32.2. The van der Waals surface area contributed by atoms with Gasteiger partial charge in [0.2, 0.25) is 5.91 Å². The molecule has 2 aromatic carbocycles. The number of anilines is 2. The Hall–Kier alpha value is -3.53. The molecule has 1 fully saturated rings. The van der Waals surface area contributed by atoms with Crippen LogP contribution in [0.25, 0.3) is 12.2 Å². The molecule has 4 rings (SSSR count). The van der Waals surface area contributed by atoms with Gasteiger partial charge in [-0.25, -0.2) is 17.2 Å². The van der Waals surface area contributed by atoms with E-state index in [1.54, 1.807) is 31.2 Å². The molecule has 166 valence electrons. The van der Waals surface area contributed by atoms with Gasteiger partial charge in [0.05, 0.1) is 10.6 Å². The summed E-state index contributed by atoms with van der Waals surface area (Å²) >= 11 is 0. The minimum atomic E-state index is -4.11. The molecule has 1 aliphatic carbocycles. The van der Waals surface area contributed by atoms with E-state index in [1.165, 1.54) is 12.1 Å². The smallest absolute Gasteiger partial charge is 0.261 e. The van der Waals surface area contributed by atoms with Crippen LogP contribution in [-0.2, 0) is 14.8 Å². The van der Waals surface area contributed by atoms with Crippen LogP contribution >= 0.6 is 0 Å². The normalized spacial score (nSPS) is 14.0. The summed E-state index contributed by atoms with van der Waals surface area (Å²) < 4.78 is 59.3. The molecule has 0 aliphatic heterocycles. The monoisotopic (exact) mass is 459 g/mol. The molecule has 0 unspecified atom stereocenters. The Morgan fingerprint density at radius 2 is 1.84 bits per heavy atom. The number of hydrogen-bond donors (Lipinski definition) is 2. The molecule has 1 aliphatic rings. The summed E-state index contributed by atoms with van der Waals surface area (Å²) in [6.07, 6.45) is 5.03. The van der Waals surface area contributed by atoms with Gasteiger partial charge >= 0.3 is 0 Å². The lowest BCUT2D eigenvalue weighted by molar-refractivity contribution is -0.117. The third-order valence-electron chi connectivity index (χ3n) is 4.88. The average molecular weight is 459 g/mol. The molecule has 3 aromatic rings. The van der Waals surface area contributed by atoms with Crippen LogP contribution in [0.1, 0.15) is 29.9 Å². The molecule has 0 saturated heterocycles. The standard InChI is InChI=1S/C22H19F2N3O4S/c1-13-21(25-22(28)15-5-6-15)20(31-26-13)11-4-14-2-8-17(9-3-14)32(29,30)27-19-12-16(23)7-10-18(19)24/h2-4,7-12,15,27H,5-6H2,1H3,(H,25,28). The van der Waals surface area contributed by atoms with Crippen molar-refractivity contribution < 1.29 is 26.5 Å². The van der Waals surface area contributed by atoms with E-state index in [-0.39, 0.29) is 16.7 Å². The number of nitrogens with one attached hydrogen (secondary N) is 2. The first-order valence-corrected chi connectivity index (χ1v) is 11.2. The zero-order valence-corrected chi connectivity index (χ0v) is 17.7. The largest absolute Gasteiger partial charge is 0.354 e. The number of halogens is 2. The van der Waals surface area contributed by atoms with Crippen LogP contribution in [0, 0.1) is 24.5 Å². The minimum absolute atomic E-state index is 0.0325. The van der Waals surface area contributed by atoms with E-state index in [9.17, 15) is 22.0 Å². The van der Waals surface area contributed by atoms with Crippen LogP contribution in [-0.4, -0.2) is 19.5 Å². The van der Waals surface area contributed by atoms with Crippen molar-refractivity contribution in [1.82, 2.24) is 5.16 Å². The van der Waals surface area contributed by atoms with Crippen LogP contribution in [0.5, 0.6) is 0 Å². The van der Waals surface area contributed by atoms with Gasteiger partial charge in [-0.1, -0.05) is 23.4 Å². The van der Waals surface area contributed by atoms with Gasteiger partial charge in [-0.05, 0) is 55.7 Å². The predicted molar refractivity (Wildman–Crippen MR) is 115 cm³/mol. The van der Waals surface area contributed by atoms with E-state index < -0.39 is 27.3 Å². The van der Waals surface area contributed by atoms with E-state index in [0.29, 0.717) is 22.7 Å². The summed E-state index contributed by atoms with van der Waals surface area (Å²) in [7, 11) is -4.11. The van der Waals surface area contributed by atoms with Crippen LogP contribution in [0.15, 0.2) is 51.9 Å². The number of nitrogens with zero attached hydrogens (tertiary/aromatic N) is 1. The molecule has 0 radical (unpaired) electrons. The number of carbonyl (C=O) groups excluding carboxylic acids is 1. The summed E-state index contributed by atoms with van der Waals surface area (Å²) in [5, 5.41) is 6.70. The molecule has 1 saturated carbocycles. The molecule has 0 spiro atoms. The third kappa shape index (κ3) is 4.86. The van der Waals surface area contributed by atoms with E-state index in [4.69, 9.17) is 4.52 Å². The minimum Gasteiger partial charge on any atom is -0.354 e. The maximum absolute atomic E-state index is 13.8. The highest BCUT2D eigenvalue weighted by molar-refractivity contribution is 7.92. The molecule has 1 aromatic heterocycles. The number of sulfonamides is 1. The Labute approximate surface area is 183 Å². The Morgan fingerprint density at radius 1 is 1.12 bits per heavy atom. The lowest BCUT2D eigenvalue weighted by Gasteiger charge is -2.09. The fraction of sp³-hybridized carbons (Fsp3) is 0.182. The fourth-order valence-corrected chi connectivity index (χ4v) is 3.99. The number of aromatic nitrogens is 1. The highest BCUT2D eigenvalue weighted by Crippen LogP contribution is 2.32. The van der Waals surface area contributed by atoms with Crippen molar-refractivity contribution in [3.8, 4) is 0 Å². The van der Waals surface area contributed by atoms with Crippen molar-refractivity contribution in [2.24, 2.45) is 5.92 Å². The van der Waals surface area contributed by atoms with E-state index >= 15 is 0 Å². The summed E-state index contributed by atoms with van der Waals surface area (Å²) in [5.41, 5.74) is 1.22. The second-order valence-corrected chi connectivity index (χ2v) is 9.09. The first-order valence-electron chi connectivity index (χ1n) is 9.76. The van der Waals surface area contributed by atoms with Gasteiger partial charge in [-0.15, -0.1) is 0 Å². The van der Waals surface area contributed by atoms with Crippen molar-refractivity contribution in [2.75, 3.05) is 10.0 Å². The average Bonchev–Trinajstić information content (AvgIpc) is 3.55. The van der Waals surface area contributed by atoms with Gasteiger partial charge in [-0.2, -0.15) is 0 Å². The van der Waals surface area contributed by atoms with Crippen LogP contribution in [0.4, 0.5) is 20.2 Å². The van der Waals surface area contributed by atoms with Gasteiger partial charge < -0.3 is 9.84 Å². The van der Waals surface area contributed by atoms with Crippen molar-refractivity contribution in [3.05, 3.63) is 71.1 Å². The van der Waals surface area contributed by atoms with Gasteiger partial charge in [0.1, 0.15) is 23.0 Å². The fourth-order valence-electron chi connectivity index (χ4n) is 2.93. The second-order valence-electron chi connectivity index (χ2n) is 7.40. The molecule has 32 heavy (non-hydrogen) atoms. The molecule has 10 heteroatoms. The SMILES string of the molecule is Cc1noc(C=Cc2ccc(S(=O)(=O)Nc3cc(F)ccc3F)cc2)c1NC(=O)C1CC1. The molecule has 0 atom stereocenters. The van der Waals surface area contributed by atoms with Gasteiger partial charge in [0.25, 0.3) is 10.0 Å². The number of rotatable bonds is 7. The zero-order chi connectivity index (χ0) is 22.9. The quantitative estimate of drug-likeness (QED) is 0.539. The number of carbonyl (C=O) groups is 1. The number of hydrogen-bond acceptors (Lipinski definition) is 5. The Balaban J connectivity index is 1.49. The van der Waals surface area contributed by atoms with Gasteiger partial charge in [0, 0.05) is 12.0 Å². The molecule has 1 amide bonds. The van der Waals surface area contributed by atoms with Crippen molar-refractivity contribution in [2.45, 2.75) is 24.7 Å². The second kappa shape index (κ2) is 8.54. The predicted octanol–water partition coefficient (Wildman–Crippen LogP) is 4.58. The molecule has 1 heterocycles. The van der Waals surface area contributed by atoms with Crippen molar-refractivity contribution in [1.29, 1.82) is 0 Å². The highest BCUT2D eigenvalue weighted by Gasteiger charge is 2.30. The van der Waals surface area contributed by atoms with Crippen LogP contribution in [0.2, 0.25) is 0 Å². The van der Waals surface area contributed by atoms with Crippen LogP contribution in [0.3, 0.4) is 0 Å². The third-order valence-corrected chi connectivity index (χ3v) is 6.26. The van der Waals surface area contributed by atoms with Gasteiger partial charge in [-0.3, -0.25) is 9.52 Å². The summed E-state index contributed by atoms with van der Waals surface area (Å²) in [4.78, 5) is 11.9. The topological polar surface area (TPSA) is 101 Å². The Morgan fingerprint density at radius 3 is 2.53 bits per heavy atom. The molecule has 0 bridgehead atoms. The number of benzene rings is 2. The summed E-state index contributed by atoms with van der Waals surface area (Å²) in [6.45, 7) is 1.72. The lowest BCUT2D eigenvalue weighted by atomic mass is 10.2. The van der Waals surface area contributed by atoms with Crippen molar-refractivity contribution >= 4 is 39.5 Å². The molecular formula is C22H19F2N3O4S. The van der Waals surface area contributed by atoms with Crippen molar-refractivity contribution in [3.63, 3.8) is 0 Å². The maximum atomic E-state index is 13.8. The molecule has 2 N–H and O–H groups in total. The van der Waals surface area contributed by atoms with E-state index in [2.05, 4.69) is 10.5 Å². The van der Waals surface area contributed by atoms with E-state index in [1.807, 2.05) is 4.72 Å². The number of amides is 1. The van der Waals surface area contributed by atoms with Crippen LogP contribution < -0.4 is 10.0 Å². The lowest BCUT2D eigenvalue weighted by Crippen LogP contribution is -2.14. The first-order chi connectivity index (χ1) is 15.2. The molecular weight excluding hydrogens is 440 g/mol. The summed E-state index contributed by atoms with van der Waals surface area (Å²) in [6, 6.07) is 8.25. The maximum Gasteiger partial charge on any atom is 0.261 e. The molecule has 7 nitrogen and oxygen atoms in total. The first kappa shape index (κ1) is 21.7. The van der Waals surface area contributed by atoms with E-state index in [0.717, 1.165) is 31.0 Å². The van der Waals surface area contributed by atoms with Gasteiger partial charge in [0.15, 0.2) is 5.76 Å². The Bertz CT molecular complexity index is 1300. The number of aryl methyl sites for hydroxylation is 1. The Kier molecular flexibility index (Phi) is 5.79.